The predicted octanol–water partition coefficient (Wildman–Crippen LogP) is -2.04. The molecule has 0 saturated heterocycles. The van der Waals surface area contributed by atoms with Gasteiger partial charge in [-0.05, 0) is 0 Å². The molecule has 2 atom stereocenters. The van der Waals surface area contributed by atoms with E-state index in [1.807, 2.05) is 0 Å². The molecule has 0 aliphatic heterocycles. The number of hydrogen-bond acceptors (Lipinski definition) is 10. The number of nitrogen functional groups attached to an aromatic ring is 1. The van der Waals surface area contributed by atoms with Crippen molar-refractivity contribution < 1.29 is 46.5 Å². The Morgan fingerprint density at radius 3 is 2.29 bits per heavy atom. The van der Waals surface area contributed by atoms with Gasteiger partial charge >= 0.3 is 139 Å². The fourth-order valence-corrected chi connectivity index (χ4v) is 4.80. The Balaban J connectivity index is 2.28. The third-order valence-electron chi connectivity index (χ3n) is 1.96. The van der Waals surface area contributed by atoms with Crippen LogP contribution >= 0.6 is 23.5 Å². The summed E-state index contributed by atoms with van der Waals surface area (Å²) in [5, 5.41) is 0. The van der Waals surface area contributed by atoms with E-state index in [1.54, 1.807) is 0 Å². The first-order valence-corrected chi connectivity index (χ1v) is 10.7. The Bertz CT molecular complexity index is 925. The third-order valence-corrected chi connectivity index (χ3v) is 6.27. The van der Waals surface area contributed by atoms with E-state index < -0.39 is 23.5 Å². The van der Waals surface area contributed by atoms with E-state index in [0.29, 0.717) is 4.73 Å². The fourth-order valence-electron chi connectivity index (χ4n) is 1.34. The summed E-state index contributed by atoms with van der Waals surface area (Å²) < 4.78 is 45.7. The minimum absolute atomic E-state index is 0.0860. The topological polar surface area (TPSA) is 229 Å². The quantitative estimate of drug-likeness (QED) is 0.227. The normalized spacial score (nSPS) is 17.3. The molecule has 24 heavy (non-hydrogen) atoms. The van der Waals surface area contributed by atoms with Crippen LogP contribution in [0.1, 0.15) is 0 Å². The van der Waals surface area contributed by atoms with E-state index in [9.17, 15) is 18.6 Å². The first kappa shape index (κ1) is 19.4. The van der Waals surface area contributed by atoms with Crippen LogP contribution in [0, 0.1) is 0 Å². The number of nitrogens with two attached hydrogens (primary N) is 1. The molecular formula is C5H7N5O10P3Se. The number of nitrogens with zero attached hydrogens (tertiary/aromatic N) is 4. The van der Waals surface area contributed by atoms with Gasteiger partial charge < -0.3 is 0 Å². The molecule has 0 saturated carbocycles. The Kier molecular flexibility index (Phi) is 5.22. The van der Waals surface area contributed by atoms with Gasteiger partial charge in [0.15, 0.2) is 0 Å². The molecule has 19 heteroatoms. The van der Waals surface area contributed by atoms with Crippen LogP contribution in [-0.4, -0.2) is 55.3 Å². The number of hydrogen-bond donors (Lipinski definition) is 5. The molecule has 2 heterocycles. The van der Waals surface area contributed by atoms with E-state index in [0.717, 1.165) is 6.33 Å². The molecule has 0 amide bonds. The van der Waals surface area contributed by atoms with E-state index >= 15 is 0 Å². The van der Waals surface area contributed by atoms with Crippen molar-refractivity contribution in [2.24, 2.45) is 0 Å². The van der Waals surface area contributed by atoms with Crippen molar-refractivity contribution >= 4 is 61.2 Å². The van der Waals surface area contributed by atoms with Gasteiger partial charge in [-0.15, -0.1) is 0 Å². The number of fused-ring (bicyclic) bond motifs is 1. The molecule has 0 bridgehead atoms. The van der Waals surface area contributed by atoms with Gasteiger partial charge in [-0.3, -0.25) is 0 Å². The second kappa shape index (κ2) is 6.45. The first-order chi connectivity index (χ1) is 10.8. The van der Waals surface area contributed by atoms with Crippen LogP contribution in [0.5, 0.6) is 0 Å². The monoisotopic (exact) mass is 470 g/mol. The summed E-state index contributed by atoms with van der Waals surface area (Å²) in [6.45, 7) is 0. The molecule has 0 aromatic carbocycles. The van der Waals surface area contributed by atoms with Crippen LogP contribution in [0.4, 0.5) is 5.95 Å². The molecule has 0 fully saturated rings. The van der Waals surface area contributed by atoms with Crippen molar-refractivity contribution in [3.8, 4) is 0 Å². The summed E-state index contributed by atoms with van der Waals surface area (Å²) in [7, 11) is -16.5. The molecule has 6 N–H and O–H groups in total. The summed E-state index contributed by atoms with van der Waals surface area (Å²) in [6.07, 6.45) is 0.845. The number of anilines is 1. The van der Waals surface area contributed by atoms with Crippen molar-refractivity contribution in [2.75, 3.05) is 5.73 Å². The molecule has 0 spiro atoms. The van der Waals surface area contributed by atoms with Crippen LogP contribution < -0.4 is 15.0 Å². The third kappa shape index (κ3) is 5.06. The molecule has 0 aliphatic rings. The van der Waals surface area contributed by atoms with Gasteiger partial charge in [-0.25, -0.2) is 0 Å². The van der Waals surface area contributed by atoms with E-state index in [-0.39, 0.29) is 21.7 Å². The molecule has 2 aromatic heterocycles. The average Bonchev–Trinajstić information content (AvgIpc) is 2.66. The Morgan fingerprint density at radius 2 is 1.71 bits per heavy atom. The summed E-state index contributed by atoms with van der Waals surface area (Å²) >= 11 is 2.51. The van der Waals surface area contributed by atoms with Crippen molar-refractivity contribution in [1.29, 1.82) is 0 Å². The van der Waals surface area contributed by atoms with Crippen LogP contribution in [0.15, 0.2) is 6.33 Å². The zero-order chi connectivity index (χ0) is 18.3. The van der Waals surface area contributed by atoms with E-state index in [1.165, 1.54) is 0 Å². The Morgan fingerprint density at radius 1 is 1.08 bits per heavy atom. The van der Waals surface area contributed by atoms with Crippen molar-refractivity contribution in [2.45, 2.75) is 0 Å². The molecule has 2 unspecified atom stereocenters. The summed E-state index contributed by atoms with van der Waals surface area (Å²) in [5.41, 5.74) is 5.28. The van der Waals surface area contributed by atoms with Gasteiger partial charge in [0.1, 0.15) is 0 Å². The van der Waals surface area contributed by atoms with Gasteiger partial charge in [0, 0.05) is 0 Å². The summed E-state index contributed by atoms with van der Waals surface area (Å²) in [5.74, 6) is -0.243. The fraction of sp³-hybridized carbons (Fsp3) is 0. The number of aromatic nitrogens is 4. The predicted molar refractivity (Wildman–Crippen MR) is 75.6 cm³/mol. The molecular weight excluding hydrogens is 462 g/mol. The zero-order valence-electron chi connectivity index (χ0n) is 10.9. The van der Waals surface area contributed by atoms with Crippen LogP contribution in [-0.2, 0) is 22.3 Å². The van der Waals surface area contributed by atoms with E-state index in [2.05, 4.69) is 44.2 Å². The van der Waals surface area contributed by atoms with Crippen LogP contribution in [0.3, 0.4) is 0 Å². The van der Waals surface area contributed by atoms with Crippen LogP contribution in [0.2, 0.25) is 0 Å². The SMILES string of the molecule is Nc1nc([Se])c2ncn(OP(=O)(O)OP(=O)(O)OP(=O)(O)O)c2n1. The number of rotatable bonds is 6. The number of phosphoric acid groups is 3. The van der Waals surface area contributed by atoms with Gasteiger partial charge in [-0.2, -0.15) is 0 Å². The second-order valence-corrected chi connectivity index (χ2v) is 8.94. The number of imidazole rings is 1. The molecule has 2 rings (SSSR count). The zero-order valence-corrected chi connectivity index (χ0v) is 15.3. The second-order valence-electron chi connectivity index (χ2n) is 3.80. The van der Waals surface area contributed by atoms with Gasteiger partial charge in [0.25, 0.3) is 0 Å². The molecule has 15 nitrogen and oxygen atoms in total. The molecule has 0 aliphatic carbocycles. The van der Waals surface area contributed by atoms with Crippen molar-refractivity contribution in [3.63, 3.8) is 0 Å². The van der Waals surface area contributed by atoms with E-state index in [4.69, 9.17) is 20.4 Å². The molecule has 2 aromatic rings. The minimum atomic E-state index is -5.63. The maximum atomic E-state index is 11.7. The molecule has 133 valence electrons. The van der Waals surface area contributed by atoms with Crippen molar-refractivity contribution in [1.82, 2.24) is 19.7 Å². The van der Waals surface area contributed by atoms with Crippen molar-refractivity contribution in [3.05, 3.63) is 6.33 Å². The van der Waals surface area contributed by atoms with Gasteiger partial charge in [0.05, 0.1) is 0 Å². The Hall–Kier alpha value is -0.881. The Labute approximate surface area is 140 Å². The maximum absolute atomic E-state index is 11.7. The average molecular weight is 469 g/mol. The standard InChI is InChI=1S/C5H7N5O10P3Se/c6-5-8-3-2(4(24)9-5)7-1-10(3)18-22(14,15)20-23(16,17)19-21(11,12)13/h1H,(H,14,15)(H,16,17)(H2,6,8,9)(H2,11,12,13). The van der Waals surface area contributed by atoms with Gasteiger partial charge in [-0.1, -0.05) is 0 Å². The first-order valence-electron chi connectivity index (χ1n) is 5.29. The van der Waals surface area contributed by atoms with Crippen LogP contribution in [0.25, 0.3) is 11.2 Å². The van der Waals surface area contributed by atoms with Gasteiger partial charge in [0.2, 0.25) is 0 Å². The summed E-state index contributed by atoms with van der Waals surface area (Å²) in [4.78, 5) is 46.5. The molecule has 1 radical (unpaired) electrons. The summed E-state index contributed by atoms with van der Waals surface area (Å²) in [6, 6.07) is 0.